The average Bonchev–Trinajstić information content (AvgIpc) is 2.85. The summed E-state index contributed by atoms with van der Waals surface area (Å²) >= 11 is 0. The normalized spacial score (nSPS) is 20.1. The number of hydrogen-bond donors (Lipinski definition) is 2. The predicted molar refractivity (Wildman–Crippen MR) is 74.8 cm³/mol. The van der Waals surface area contributed by atoms with Crippen LogP contribution in [0, 0.1) is 5.92 Å². The second kappa shape index (κ2) is 6.24. The first-order valence-corrected chi connectivity index (χ1v) is 7.15. The van der Waals surface area contributed by atoms with Gasteiger partial charge in [0.05, 0.1) is 12.3 Å². The molecule has 2 unspecified atom stereocenters. The lowest BCUT2D eigenvalue weighted by atomic mass is 9.91. The lowest BCUT2D eigenvalue weighted by Crippen LogP contribution is -2.45. The Morgan fingerprint density at radius 3 is 3.00 bits per heavy atom. The van der Waals surface area contributed by atoms with Gasteiger partial charge in [-0.3, -0.25) is 10.1 Å². The van der Waals surface area contributed by atoms with E-state index in [1.165, 1.54) is 5.56 Å². The summed E-state index contributed by atoms with van der Waals surface area (Å²) < 4.78 is 5.50. The topological polar surface area (TPSA) is 54.3 Å². The van der Waals surface area contributed by atoms with Crippen molar-refractivity contribution >= 4 is 5.91 Å². The van der Waals surface area contributed by atoms with Crippen molar-refractivity contribution in [2.75, 3.05) is 7.05 Å². The molecule has 1 aliphatic rings. The Kier molecular flexibility index (Phi) is 4.64. The Labute approximate surface area is 114 Å². The molecule has 2 rings (SSSR count). The van der Waals surface area contributed by atoms with E-state index < -0.39 is 0 Å². The van der Waals surface area contributed by atoms with Crippen molar-refractivity contribution in [3.05, 3.63) is 23.7 Å². The molecular weight excluding hydrogens is 240 g/mol. The van der Waals surface area contributed by atoms with E-state index in [9.17, 15) is 4.79 Å². The molecule has 19 heavy (non-hydrogen) atoms. The Hall–Kier alpha value is -1.29. The molecule has 0 saturated heterocycles. The number of likely N-dealkylation sites (N-methyl/N-ethyl adjacent to an activating group) is 1. The zero-order valence-electron chi connectivity index (χ0n) is 12.0. The van der Waals surface area contributed by atoms with E-state index in [1.807, 2.05) is 6.07 Å². The molecule has 106 valence electrons. The molecule has 0 aliphatic heterocycles. The highest BCUT2D eigenvalue weighted by Crippen LogP contribution is 2.31. The highest BCUT2D eigenvalue weighted by Gasteiger charge is 2.27. The van der Waals surface area contributed by atoms with Crippen molar-refractivity contribution < 1.29 is 9.21 Å². The van der Waals surface area contributed by atoms with Gasteiger partial charge in [-0.05, 0) is 31.2 Å². The first-order chi connectivity index (χ1) is 9.11. The zero-order chi connectivity index (χ0) is 13.8. The van der Waals surface area contributed by atoms with E-state index in [4.69, 9.17) is 4.42 Å². The van der Waals surface area contributed by atoms with Crippen molar-refractivity contribution in [1.82, 2.24) is 10.6 Å². The van der Waals surface area contributed by atoms with E-state index in [0.29, 0.717) is 5.92 Å². The summed E-state index contributed by atoms with van der Waals surface area (Å²) in [6.45, 7) is 4.28. The van der Waals surface area contributed by atoms with Gasteiger partial charge in [-0.25, -0.2) is 0 Å². The van der Waals surface area contributed by atoms with Gasteiger partial charge in [-0.2, -0.15) is 0 Å². The minimum atomic E-state index is -0.129. The van der Waals surface area contributed by atoms with Crippen LogP contribution in [0.4, 0.5) is 0 Å². The second-order valence-electron chi connectivity index (χ2n) is 5.71. The van der Waals surface area contributed by atoms with Crippen LogP contribution in [-0.4, -0.2) is 19.0 Å². The number of fused-ring (bicyclic) bond motifs is 1. The lowest BCUT2D eigenvalue weighted by Gasteiger charge is -2.28. The standard InChI is InChI=1S/C15H24N2O2/c1-10(2)9-13(15(18)16-3)17-12-5-4-6-14-11(12)7-8-19-14/h7-8,10,12-13,17H,4-6,9H2,1-3H3,(H,16,18). The Balaban J connectivity index is 2.08. The minimum absolute atomic E-state index is 0.0734. The highest BCUT2D eigenvalue weighted by atomic mass is 16.3. The third-order valence-corrected chi connectivity index (χ3v) is 3.72. The van der Waals surface area contributed by atoms with Gasteiger partial charge in [0.15, 0.2) is 0 Å². The van der Waals surface area contributed by atoms with Gasteiger partial charge in [-0.15, -0.1) is 0 Å². The molecule has 2 atom stereocenters. The second-order valence-corrected chi connectivity index (χ2v) is 5.71. The number of carbonyl (C=O) groups excluding carboxylic acids is 1. The third-order valence-electron chi connectivity index (χ3n) is 3.72. The average molecular weight is 264 g/mol. The first kappa shape index (κ1) is 14.1. The van der Waals surface area contributed by atoms with Crippen LogP contribution in [-0.2, 0) is 11.2 Å². The fourth-order valence-electron chi connectivity index (χ4n) is 2.80. The van der Waals surface area contributed by atoms with E-state index in [2.05, 4.69) is 24.5 Å². The molecule has 4 heteroatoms. The third kappa shape index (κ3) is 3.38. The van der Waals surface area contributed by atoms with Crippen LogP contribution in [0.2, 0.25) is 0 Å². The Morgan fingerprint density at radius 2 is 2.32 bits per heavy atom. The maximum Gasteiger partial charge on any atom is 0.236 e. The molecule has 1 aromatic rings. The monoisotopic (exact) mass is 264 g/mol. The summed E-state index contributed by atoms with van der Waals surface area (Å²) in [4.78, 5) is 12.0. The fourth-order valence-corrected chi connectivity index (χ4v) is 2.80. The maximum atomic E-state index is 12.0. The summed E-state index contributed by atoms with van der Waals surface area (Å²) in [7, 11) is 1.70. The van der Waals surface area contributed by atoms with Crippen LogP contribution in [0.15, 0.2) is 16.7 Å². The predicted octanol–water partition coefficient (Wildman–Crippen LogP) is 2.41. The number of carbonyl (C=O) groups is 1. The van der Waals surface area contributed by atoms with Crippen LogP contribution < -0.4 is 10.6 Å². The van der Waals surface area contributed by atoms with Gasteiger partial charge in [0, 0.05) is 25.1 Å². The molecule has 1 amide bonds. The molecular formula is C15H24N2O2. The number of hydrogen-bond acceptors (Lipinski definition) is 3. The van der Waals surface area contributed by atoms with Gasteiger partial charge in [0.2, 0.25) is 5.91 Å². The Bertz CT molecular complexity index is 426. The smallest absolute Gasteiger partial charge is 0.236 e. The summed E-state index contributed by atoms with van der Waals surface area (Å²) in [5.74, 6) is 1.63. The number of amides is 1. The van der Waals surface area contributed by atoms with Gasteiger partial charge in [-0.1, -0.05) is 13.8 Å². The van der Waals surface area contributed by atoms with Crippen molar-refractivity contribution in [2.24, 2.45) is 5.92 Å². The fraction of sp³-hybridized carbons (Fsp3) is 0.667. The number of nitrogens with one attached hydrogen (secondary N) is 2. The molecule has 0 bridgehead atoms. The van der Waals surface area contributed by atoms with Crippen molar-refractivity contribution in [1.29, 1.82) is 0 Å². The molecule has 1 aliphatic carbocycles. The molecule has 0 spiro atoms. The molecule has 1 heterocycles. The zero-order valence-corrected chi connectivity index (χ0v) is 12.0. The summed E-state index contributed by atoms with van der Waals surface area (Å²) in [5, 5.41) is 6.26. The lowest BCUT2D eigenvalue weighted by molar-refractivity contribution is -0.123. The van der Waals surface area contributed by atoms with Gasteiger partial charge in [0.25, 0.3) is 0 Å². The molecule has 0 fully saturated rings. The van der Waals surface area contributed by atoms with Crippen LogP contribution in [0.3, 0.4) is 0 Å². The molecule has 0 saturated carbocycles. The van der Waals surface area contributed by atoms with Crippen molar-refractivity contribution in [2.45, 2.75) is 51.6 Å². The van der Waals surface area contributed by atoms with Crippen LogP contribution in [0.5, 0.6) is 0 Å². The molecule has 1 aromatic heterocycles. The van der Waals surface area contributed by atoms with E-state index >= 15 is 0 Å². The summed E-state index contributed by atoms with van der Waals surface area (Å²) in [5.41, 5.74) is 1.23. The quantitative estimate of drug-likeness (QED) is 0.858. The van der Waals surface area contributed by atoms with E-state index in [1.54, 1.807) is 13.3 Å². The molecule has 2 N–H and O–H groups in total. The number of rotatable bonds is 5. The van der Waals surface area contributed by atoms with Gasteiger partial charge < -0.3 is 9.73 Å². The molecule has 0 radical (unpaired) electrons. The summed E-state index contributed by atoms with van der Waals surface area (Å²) in [6.07, 6.45) is 5.79. The molecule has 0 aromatic carbocycles. The van der Waals surface area contributed by atoms with Gasteiger partial charge in [0.1, 0.15) is 5.76 Å². The van der Waals surface area contributed by atoms with Gasteiger partial charge >= 0.3 is 0 Å². The van der Waals surface area contributed by atoms with Crippen molar-refractivity contribution in [3.8, 4) is 0 Å². The van der Waals surface area contributed by atoms with E-state index in [-0.39, 0.29) is 18.0 Å². The number of aryl methyl sites for hydroxylation is 1. The van der Waals surface area contributed by atoms with Crippen molar-refractivity contribution in [3.63, 3.8) is 0 Å². The maximum absolute atomic E-state index is 12.0. The Morgan fingerprint density at radius 1 is 1.53 bits per heavy atom. The van der Waals surface area contributed by atoms with Crippen LogP contribution in [0.1, 0.15) is 50.5 Å². The largest absolute Gasteiger partial charge is 0.469 e. The van der Waals surface area contributed by atoms with E-state index in [0.717, 1.165) is 31.4 Å². The highest BCUT2D eigenvalue weighted by molar-refractivity contribution is 5.81. The SMILES string of the molecule is CNC(=O)C(CC(C)C)NC1CCCc2occc21. The summed E-state index contributed by atoms with van der Waals surface area (Å²) in [6, 6.07) is 2.14. The minimum Gasteiger partial charge on any atom is -0.469 e. The van der Waals surface area contributed by atoms with Crippen LogP contribution >= 0.6 is 0 Å². The number of furan rings is 1. The molecule has 4 nitrogen and oxygen atoms in total. The first-order valence-electron chi connectivity index (χ1n) is 7.15. The van der Waals surface area contributed by atoms with Crippen LogP contribution in [0.25, 0.3) is 0 Å².